The molecule has 2 rings (SSSR count). The molecule has 0 fully saturated rings. The minimum atomic E-state index is -1.09. The third-order valence-electron chi connectivity index (χ3n) is 2.37. The lowest BCUT2D eigenvalue weighted by Crippen LogP contribution is -2.32. The van der Waals surface area contributed by atoms with Crippen LogP contribution in [0.2, 0.25) is 0 Å². The van der Waals surface area contributed by atoms with Gasteiger partial charge < -0.3 is 10.4 Å². The first-order valence-electron chi connectivity index (χ1n) is 5.53. The summed E-state index contributed by atoms with van der Waals surface area (Å²) in [7, 11) is 0. The number of hydrogen-bond acceptors (Lipinski definition) is 4. The number of halogens is 1. The Labute approximate surface area is 113 Å². The van der Waals surface area contributed by atoms with Gasteiger partial charge in [0.05, 0.1) is 6.10 Å². The van der Waals surface area contributed by atoms with Crippen LogP contribution >= 0.6 is 11.3 Å². The molecule has 5 nitrogen and oxygen atoms in total. The summed E-state index contributed by atoms with van der Waals surface area (Å²) in [5, 5.41) is 16.9. The van der Waals surface area contributed by atoms with Crippen LogP contribution < -0.4 is 10.6 Å². The van der Waals surface area contributed by atoms with E-state index < -0.39 is 18.0 Å². The van der Waals surface area contributed by atoms with Gasteiger partial charge in [0.1, 0.15) is 5.82 Å². The molecule has 2 amide bonds. The van der Waals surface area contributed by atoms with Gasteiger partial charge in [-0.2, -0.15) is 0 Å². The van der Waals surface area contributed by atoms with Gasteiger partial charge in [0, 0.05) is 23.7 Å². The van der Waals surface area contributed by atoms with Crippen molar-refractivity contribution in [3.05, 3.63) is 47.2 Å². The predicted molar refractivity (Wildman–Crippen MR) is 70.5 cm³/mol. The fourth-order valence-corrected chi connectivity index (χ4v) is 2.00. The minimum Gasteiger partial charge on any atom is -0.386 e. The smallest absolute Gasteiger partial charge is 0.321 e. The summed E-state index contributed by atoms with van der Waals surface area (Å²) in [6.45, 7) is -0.0852. The lowest BCUT2D eigenvalue weighted by molar-refractivity contribution is 0.170. The van der Waals surface area contributed by atoms with Crippen molar-refractivity contribution in [2.45, 2.75) is 6.10 Å². The first-order valence-corrected chi connectivity index (χ1v) is 6.41. The summed E-state index contributed by atoms with van der Waals surface area (Å²) in [5.41, 5.74) is 0.150. The summed E-state index contributed by atoms with van der Waals surface area (Å²) in [4.78, 5) is 15.4. The molecule has 0 spiro atoms. The fraction of sp³-hybridized carbons (Fsp3) is 0.167. The van der Waals surface area contributed by atoms with E-state index in [0.29, 0.717) is 5.13 Å². The van der Waals surface area contributed by atoms with Gasteiger partial charge in [-0.1, -0.05) is 18.2 Å². The predicted octanol–water partition coefficient (Wildman–Crippen LogP) is 2.14. The largest absolute Gasteiger partial charge is 0.386 e. The van der Waals surface area contributed by atoms with Crippen LogP contribution in [0.15, 0.2) is 35.8 Å². The molecule has 7 heteroatoms. The van der Waals surface area contributed by atoms with Crippen molar-refractivity contribution >= 4 is 22.5 Å². The third-order valence-corrected chi connectivity index (χ3v) is 3.06. The van der Waals surface area contributed by atoms with Crippen molar-refractivity contribution in [1.29, 1.82) is 0 Å². The van der Waals surface area contributed by atoms with Crippen LogP contribution in [-0.4, -0.2) is 22.7 Å². The van der Waals surface area contributed by atoms with Crippen LogP contribution in [0.25, 0.3) is 0 Å². The van der Waals surface area contributed by atoms with Crippen LogP contribution in [0.1, 0.15) is 11.7 Å². The first kappa shape index (κ1) is 13.4. The van der Waals surface area contributed by atoms with Crippen molar-refractivity contribution in [3.8, 4) is 0 Å². The average Bonchev–Trinajstić information content (AvgIpc) is 2.89. The van der Waals surface area contributed by atoms with Gasteiger partial charge in [-0.25, -0.2) is 14.2 Å². The Balaban J connectivity index is 1.85. The number of aliphatic hydroxyl groups is 1. The number of carbonyl (C=O) groups is 1. The molecule has 100 valence electrons. The second-order valence-electron chi connectivity index (χ2n) is 3.71. The van der Waals surface area contributed by atoms with E-state index in [1.54, 1.807) is 17.6 Å². The number of thiazole rings is 1. The van der Waals surface area contributed by atoms with Gasteiger partial charge in [0.15, 0.2) is 5.13 Å². The van der Waals surface area contributed by atoms with Crippen LogP contribution in [0.3, 0.4) is 0 Å². The van der Waals surface area contributed by atoms with E-state index in [4.69, 9.17) is 0 Å². The van der Waals surface area contributed by atoms with Crippen LogP contribution in [0.5, 0.6) is 0 Å². The van der Waals surface area contributed by atoms with Crippen LogP contribution in [0, 0.1) is 5.82 Å². The highest BCUT2D eigenvalue weighted by Gasteiger charge is 2.13. The zero-order valence-electron chi connectivity index (χ0n) is 9.84. The topological polar surface area (TPSA) is 74.2 Å². The van der Waals surface area contributed by atoms with E-state index in [0.717, 1.165) is 0 Å². The van der Waals surface area contributed by atoms with Gasteiger partial charge >= 0.3 is 6.03 Å². The Morgan fingerprint density at radius 1 is 1.47 bits per heavy atom. The maximum atomic E-state index is 13.4. The number of rotatable bonds is 4. The highest BCUT2D eigenvalue weighted by molar-refractivity contribution is 7.13. The van der Waals surface area contributed by atoms with E-state index in [-0.39, 0.29) is 12.1 Å². The van der Waals surface area contributed by atoms with Gasteiger partial charge in [-0.05, 0) is 6.07 Å². The number of carbonyl (C=O) groups excluding carboxylic acids is 1. The quantitative estimate of drug-likeness (QED) is 0.803. The summed E-state index contributed by atoms with van der Waals surface area (Å²) < 4.78 is 13.4. The number of amides is 2. The van der Waals surface area contributed by atoms with Crippen LogP contribution in [-0.2, 0) is 0 Å². The normalized spacial score (nSPS) is 11.9. The molecule has 0 bridgehead atoms. The monoisotopic (exact) mass is 281 g/mol. The number of aliphatic hydroxyl groups excluding tert-OH is 1. The van der Waals surface area contributed by atoms with Crippen molar-refractivity contribution < 1.29 is 14.3 Å². The number of benzene rings is 1. The van der Waals surface area contributed by atoms with E-state index in [9.17, 15) is 14.3 Å². The standard InChI is InChI=1S/C12H12FN3O2S/c13-9-4-2-1-3-8(9)10(17)7-15-11(18)16-12-14-5-6-19-12/h1-6,10,17H,7H2,(H2,14,15,16,18)/t10-/m1/s1. The number of urea groups is 1. The van der Waals surface area contributed by atoms with Gasteiger partial charge in [-0.15, -0.1) is 11.3 Å². The Hall–Kier alpha value is -1.99. The molecule has 2 aromatic rings. The molecule has 1 aromatic carbocycles. The summed E-state index contributed by atoms with van der Waals surface area (Å²) >= 11 is 1.28. The summed E-state index contributed by atoms with van der Waals surface area (Å²) in [6, 6.07) is 5.39. The Morgan fingerprint density at radius 2 is 2.26 bits per heavy atom. The molecule has 0 aliphatic rings. The maximum Gasteiger partial charge on any atom is 0.321 e. The lowest BCUT2D eigenvalue weighted by Gasteiger charge is -2.12. The Kier molecular flexibility index (Phi) is 4.43. The van der Waals surface area contributed by atoms with E-state index in [1.807, 2.05) is 0 Å². The highest BCUT2D eigenvalue weighted by atomic mass is 32.1. The van der Waals surface area contributed by atoms with Gasteiger partial charge in [-0.3, -0.25) is 5.32 Å². The molecular weight excluding hydrogens is 269 g/mol. The zero-order chi connectivity index (χ0) is 13.7. The molecule has 0 aliphatic heterocycles. The number of aromatic nitrogens is 1. The van der Waals surface area contributed by atoms with Gasteiger partial charge in [0.25, 0.3) is 0 Å². The van der Waals surface area contributed by atoms with E-state index in [1.165, 1.54) is 29.5 Å². The average molecular weight is 281 g/mol. The number of nitrogens with one attached hydrogen (secondary N) is 2. The van der Waals surface area contributed by atoms with Crippen molar-refractivity contribution in [1.82, 2.24) is 10.3 Å². The number of nitrogens with zero attached hydrogens (tertiary/aromatic N) is 1. The molecule has 1 heterocycles. The number of anilines is 1. The lowest BCUT2D eigenvalue weighted by atomic mass is 10.1. The van der Waals surface area contributed by atoms with Crippen LogP contribution in [0.4, 0.5) is 14.3 Å². The molecule has 1 atom stereocenters. The summed E-state index contributed by atoms with van der Waals surface area (Å²) in [5.74, 6) is -0.503. The fourth-order valence-electron chi connectivity index (χ4n) is 1.47. The molecule has 1 aromatic heterocycles. The molecule has 0 saturated carbocycles. The van der Waals surface area contributed by atoms with E-state index >= 15 is 0 Å². The van der Waals surface area contributed by atoms with Gasteiger partial charge in [0.2, 0.25) is 0 Å². The molecule has 3 N–H and O–H groups in total. The molecule has 0 unspecified atom stereocenters. The van der Waals surface area contributed by atoms with Crippen molar-refractivity contribution in [2.75, 3.05) is 11.9 Å². The molecule has 19 heavy (non-hydrogen) atoms. The second kappa shape index (κ2) is 6.26. The molecule has 0 saturated heterocycles. The highest BCUT2D eigenvalue weighted by Crippen LogP contribution is 2.15. The van der Waals surface area contributed by atoms with E-state index in [2.05, 4.69) is 15.6 Å². The molecule has 0 aliphatic carbocycles. The summed E-state index contributed by atoms with van der Waals surface area (Å²) in [6.07, 6.45) is 0.470. The zero-order valence-corrected chi connectivity index (χ0v) is 10.7. The Bertz CT molecular complexity index is 548. The maximum absolute atomic E-state index is 13.4. The molecule has 0 radical (unpaired) electrons. The number of hydrogen-bond donors (Lipinski definition) is 3. The van der Waals surface area contributed by atoms with Crippen molar-refractivity contribution in [3.63, 3.8) is 0 Å². The third kappa shape index (κ3) is 3.73. The minimum absolute atomic E-state index is 0.0852. The molecular formula is C12H12FN3O2S. The first-order chi connectivity index (χ1) is 9.16. The van der Waals surface area contributed by atoms with Crippen molar-refractivity contribution in [2.24, 2.45) is 0 Å². The SMILES string of the molecule is O=C(NC[C@@H](O)c1ccccc1F)Nc1nccs1. The second-order valence-corrected chi connectivity index (χ2v) is 4.60. The Morgan fingerprint density at radius 3 is 2.95 bits per heavy atom.